The molecule has 7 heteroatoms. The van der Waals surface area contributed by atoms with Crippen molar-refractivity contribution in [2.24, 2.45) is 0 Å². The molecule has 5 nitrogen and oxygen atoms in total. The van der Waals surface area contributed by atoms with Crippen LogP contribution in [0, 0.1) is 5.82 Å². The van der Waals surface area contributed by atoms with Gasteiger partial charge in [0.15, 0.2) is 0 Å². The second-order valence-electron chi connectivity index (χ2n) is 5.95. The molecule has 1 fully saturated rings. The summed E-state index contributed by atoms with van der Waals surface area (Å²) in [6.45, 7) is 3.70. The molecule has 0 saturated carbocycles. The number of piperidine rings is 1. The number of carbonyl (C=O) groups is 2. The number of likely N-dealkylation sites (N-methyl/N-ethyl adjacent to an activating group) is 1. The van der Waals surface area contributed by atoms with Gasteiger partial charge in [0.1, 0.15) is 5.82 Å². The zero-order chi connectivity index (χ0) is 17.7. The van der Waals surface area contributed by atoms with Crippen LogP contribution in [0.25, 0.3) is 0 Å². The number of carbonyl (C=O) groups excluding carboxylic acids is 1. The minimum absolute atomic E-state index is 0.0138. The first-order valence-corrected chi connectivity index (χ1v) is 8.46. The van der Waals surface area contributed by atoms with Crippen molar-refractivity contribution in [3.63, 3.8) is 0 Å². The lowest BCUT2D eigenvalue weighted by Gasteiger charge is -2.37. The predicted molar refractivity (Wildman–Crippen MR) is 89.6 cm³/mol. The fourth-order valence-corrected chi connectivity index (χ4v) is 3.35. The molecule has 0 atom stereocenters. The van der Waals surface area contributed by atoms with E-state index in [0.29, 0.717) is 19.6 Å². The fraction of sp³-hybridized carbons (Fsp3) is 0.529. The lowest BCUT2D eigenvalue weighted by atomic mass is 10.0. The molecule has 0 radical (unpaired) electrons. The van der Waals surface area contributed by atoms with E-state index in [0.717, 1.165) is 12.8 Å². The van der Waals surface area contributed by atoms with Gasteiger partial charge in [-0.1, -0.05) is 24.6 Å². The summed E-state index contributed by atoms with van der Waals surface area (Å²) in [5, 5.41) is 9.21. The molecule has 1 N–H and O–H groups in total. The second kappa shape index (κ2) is 8.44. The summed E-state index contributed by atoms with van der Waals surface area (Å²) < 4.78 is 13.8. The van der Waals surface area contributed by atoms with Gasteiger partial charge in [-0.15, -0.1) is 0 Å². The summed E-state index contributed by atoms with van der Waals surface area (Å²) in [6.07, 6.45) is 1.39. The Morgan fingerprint density at radius 1 is 1.38 bits per heavy atom. The number of hydrogen-bond acceptors (Lipinski definition) is 3. The van der Waals surface area contributed by atoms with Crippen LogP contribution in [-0.4, -0.2) is 59.0 Å². The third-order valence-corrected chi connectivity index (χ3v) is 4.82. The van der Waals surface area contributed by atoms with Crippen LogP contribution >= 0.6 is 11.6 Å². The van der Waals surface area contributed by atoms with Gasteiger partial charge in [-0.3, -0.25) is 14.5 Å². The van der Waals surface area contributed by atoms with Crippen molar-refractivity contribution in [2.45, 2.75) is 32.2 Å². The second-order valence-corrected chi connectivity index (χ2v) is 6.35. The van der Waals surface area contributed by atoms with Crippen LogP contribution in [0.1, 0.15) is 25.3 Å². The number of amides is 1. The van der Waals surface area contributed by atoms with Crippen LogP contribution in [0.3, 0.4) is 0 Å². The average molecular weight is 357 g/mol. The molecule has 0 aromatic heterocycles. The molecule has 0 aliphatic carbocycles. The molecule has 1 amide bonds. The Morgan fingerprint density at radius 2 is 2.04 bits per heavy atom. The smallest absolute Gasteiger partial charge is 0.317 e. The zero-order valence-corrected chi connectivity index (χ0v) is 14.4. The highest BCUT2D eigenvalue weighted by atomic mass is 35.5. The van der Waals surface area contributed by atoms with E-state index in [4.69, 9.17) is 16.7 Å². The summed E-state index contributed by atoms with van der Waals surface area (Å²) in [5.74, 6) is -1.46. The van der Waals surface area contributed by atoms with Gasteiger partial charge >= 0.3 is 5.97 Å². The highest BCUT2D eigenvalue weighted by Crippen LogP contribution is 2.22. The summed E-state index contributed by atoms with van der Waals surface area (Å²) in [5.41, 5.74) is 0.229. The van der Waals surface area contributed by atoms with Gasteiger partial charge in [0.25, 0.3) is 0 Å². The van der Waals surface area contributed by atoms with Crippen molar-refractivity contribution in [1.82, 2.24) is 9.80 Å². The number of carboxylic acids is 1. The topological polar surface area (TPSA) is 60.9 Å². The summed E-state index contributed by atoms with van der Waals surface area (Å²) >= 11 is 5.97. The molecule has 1 aliphatic rings. The number of carboxylic acid groups (broad SMARTS) is 1. The van der Waals surface area contributed by atoms with Gasteiger partial charge in [0.05, 0.1) is 13.0 Å². The molecule has 0 unspecified atom stereocenters. The zero-order valence-electron chi connectivity index (χ0n) is 13.7. The molecule has 0 spiro atoms. The predicted octanol–water partition coefficient (Wildman–Crippen LogP) is 2.42. The normalized spacial score (nSPS) is 15.8. The Bertz CT molecular complexity index is 583. The molecule has 1 aromatic carbocycles. The number of hydrogen-bond donors (Lipinski definition) is 1. The minimum Gasteiger partial charge on any atom is -0.480 e. The molecule has 24 heavy (non-hydrogen) atoms. The van der Waals surface area contributed by atoms with Crippen molar-refractivity contribution in [3.05, 3.63) is 34.6 Å². The van der Waals surface area contributed by atoms with E-state index in [1.807, 2.05) is 11.8 Å². The molecule has 132 valence electrons. The Morgan fingerprint density at radius 3 is 2.58 bits per heavy atom. The van der Waals surface area contributed by atoms with E-state index in [1.54, 1.807) is 11.0 Å². The van der Waals surface area contributed by atoms with Crippen molar-refractivity contribution in [2.75, 3.05) is 26.2 Å². The summed E-state index contributed by atoms with van der Waals surface area (Å²) in [7, 11) is 0. The fourth-order valence-electron chi connectivity index (χ4n) is 3.12. The molecule has 0 bridgehead atoms. The summed E-state index contributed by atoms with van der Waals surface area (Å²) in [4.78, 5) is 26.9. The molecule has 1 saturated heterocycles. The number of rotatable bonds is 6. The van der Waals surface area contributed by atoms with Crippen LogP contribution in [0.15, 0.2) is 18.2 Å². The van der Waals surface area contributed by atoms with Crippen LogP contribution < -0.4 is 0 Å². The van der Waals surface area contributed by atoms with Gasteiger partial charge in [0.2, 0.25) is 5.91 Å². The first-order valence-electron chi connectivity index (χ1n) is 8.08. The third-order valence-electron chi connectivity index (χ3n) is 4.47. The highest BCUT2D eigenvalue weighted by Gasteiger charge is 2.27. The van der Waals surface area contributed by atoms with E-state index in [-0.39, 0.29) is 35.5 Å². The van der Waals surface area contributed by atoms with Gasteiger partial charge in [-0.2, -0.15) is 0 Å². The molecular formula is C17H22ClFN2O3. The van der Waals surface area contributed by atoms with Crippen LogP contribution in [0.4, 0.5) is 4.39 Å². The van der Waals surface area contributed by atoms with E-state index >= 15 is 0 Å². The Kier molecular flexibility index (Phi) is 6.57. The monoisotopic (exact) mass is 356 g/mol. The first kappa shape index (κ1) is 18.7. The van der Waals surface area contributed by atoms with E-state index in [9.17, 15) is 14.0 Å². The molecule has 1 aromatic rings. The van der Waals surface area contributed by atoms with E-state index in [2.05, 4.69) is 0 Å². The van der Waals surface area contributed by atoms with Crippen molar-refractivity contribution in [3.8, 4) is 0 Å². The number of benzene rings is 1. The highest BCUT2D eigenvalue weighted by molar-refractivity contribution is 6.31. The SMILES string of the molecule is CCN(CC(=O)O)C1CCN(C(=O)Cc2c(F)cccc2Cl)CC1. The number of likely N-dealkylation sites (tertiary alicyclic amines) is 1. The molecule has 1 heterocycles. The maximum absolute atomic E-state index is 13.8. The Labute approximate surface area is 146 Å². The standard InChI is InChI=1S/C17H22ClFN2O3/c1-2-20(11-17(23)24)12-6-8-21(9-7-12)16(22)10-13-14(18)4-3-5-15(13)19/h3-5,12H,2,6-11H2,1H3,(H,23,24). The number of halogens is 2. The Hall–Kier alpha value is -1.66. The van der Waals surface area contributed by atoms with Crippen LogP contribution in [0.5, 0.6) is 0 Å². The molecule has 1 aliphatic heterocycles. The quantitative estimate of drug-likeness (QED) is 0.850. The first-order chi connectivity index (χ1) is 11.4. The van der Waals surface area contributed by atoms with Crippen LogP contribution in [0.2, 0.25) is 5.02 Å². The molecule has 2 rings (SSSR count). The maximum atomic E-state index is 13.8. The van der Waals surface area contributed by atoms with Gasteiger partial charge in [0, 0.05) is 29.7 Å². The van der Waals surface area contributed by atoms with Crippen LogP contribution in [-0.2, 0) is 16.0 Å². The molecular weight excluding hydrogens is 335 g/mol. The van der Waals surface area contributed by atoms with Gasteiger partial charge in [-0.05, 0) is 31.5 Å². The van der Waals surface area contributed by atoms with Gasteiger partial charge in [-0.25, -0.2) is 4.39 Å². The van der Waals surface area contributed by atoms with E-state index in [1.165, 1.54) is 12.1 Å². The average Bonchev–Trinajstić information content (AvgIpc) is 2.56. The third kappa shape index (κ3) is 4.68. The van der Waals surface area contributed by atoms with Crippen molar-refractivity contribution < 1.29 is 19.1 Å². The Balaban J connectivity index is 1.92. The maximum Gasteiger partial charge on any atom is 0.317 e. The lowest BCUT2D eigenvalue weighted by Crippen LogP contribution is -2.48. The lowest BCUT2D eigenvalue weighted by molar-refractivity contribution is -0.140. The van der Waals surface area contributed by atoms with Gasteiger partial charge < -0.3 is 10.0 Å². The summed E-state index contributed by atoms with van der Waals surface area (Å²) in [6, 6.07) is 4.54. The largest absolute Gasteiger partial charge is 0.480 e. The number of aliphatic carboxylic acids is 1. The van der Waals surface area contributed by atoms with Crippen molar-refractivity contribution in [1.29, 1.82) is 0 Å². The van der Waals surface area contributed by atoms with Crippen molar-refractivity contribution >= 4 is 23.5 Å². The van der Waals surface area contributed by atoms with E-state index < -0.39 is 11.8 Å². The minimum atomic E-state index is -0.843. The number of nitrogens with zero attached hydrogens (tertiary/aromatic N) is 2.